The number of amides is 1. The fourth-order valence-corrected chi connectivity index (χ4v) is 3.15. The number of hydrogen-bond acceptors (Lipinski definition) is 3. The highest BCUT2D eigenvalue weighted by atomic mass is 79.9. The number of phenols is 1. The molecule has 0 heterocycles. The fourth-order valence-electron chi connectivity index (χ4n) is 2.37. The number of hydrogen-bond donors (Lipinski definition) is 2. The number of alkyl halides is 1. The van der Waals surface area contributed by atoms with E-state index in [1.54, 1.807) is 12.1 Å². The average Bonchev–Trinajstić information content (AvgIpc) is 2.81. The predicted octanol–water partition coefficient (Wildman–Crippen LogP) is 2.69. The lowest BCUT2D eigenvalue weighted by Crippen LogP contribution is -2.31. The predicted molar refractivity (Wildman–Crippen MR) is 77.0 cm³/mol. The lowest BCUT2D eigenvalue weighted by atomic mass is 10.1. The molecule has 1 amide bonds. The first-order valence-corrected chi connectivity index (χ1v) is 7.32. The van der Waals surface area contributed by atoms with Gasteiger partial charge in [0.1, 0.15) is 11.5 Å². The zero-order valence-corrected chi connectivity index (χ0v) is 12.4. The van der Waals surface area contributed by atoms with E-state index in [4.69, 9.17) is 4.74 Å². The summed E-state index contributed by atoms with van der Waals surface area (Å²) in [5, 5.41) is 12.7. The van der Waals surface area contributed by atoms with E-state index >= 15 is 0 Å². The van der Waals surface area contributed by atoms with E-state index in [1.165, 1.54) is 19.6 Å². The molecule has 1 fully saturated rings. The average molecular weight is 328 g/mol. The van der Waals surface area contributed by atoms with Gasteiger partial charge in [0.05, 0.1) is 12.7 Å². The van der Waals surface area contributed by atoms with E-state index in [9.17, 15) is 9.90 Å². The summed E-state index contributed by atoms with van der Waals surface area (Å²) < 4.78 is 4.99. The zero-order chi connectivity index (χ0) is 13.8. The highest BCUT2D eigenvalue weighted by molar-refractivity contribution is 9.09. The Kier molecular flexibility index (Phi) is 4.69. The molecule has 0 bridgehead atoms. The summed E-state index contributed by atoms with van der Waals surface area (Å²) in [7, 11) is 1.52. The van der Waals surface area contributed by atoms with Crippen molar-refractivity contribution in [1.29, 1.82) is 0 Å². The van der Waals surface area contributed by atoms with Crippen LogP contribution < -0.4 is 10.1 Å². The second kappa shape index (κ2) is 6.28. The Hall–Kier alpha value is -1.23. The number of aromatic hydroxyl groups is 1. The third kappa shape index (κ3) is 3.41. The van der Waals surface area contributed by atoms with E-state index in [2.05, 4.69) is 21.2 Å². The first-order valence-electron chi connectivity index (χ1n) is 6.41. The Bertz CT molecular complexity index is 464. The molecule has 2 N–H and O–H groups in total. The molecule has 1 saturated carbocycles. The van der Waals surface area contributed by atoms with Crippen molar-refractivity contribution in [2.24, 2.45) is 5.92 Å². The number of phenolic OH excluding ortho intramolecular Hbond substituents is 1. The summed E-state index contributed by atoms with van der Waals surface area (Å²) in [6.07, 6.45) is 3.49. The molecule has 1 aliphatic carbocycles. The number of ether oxygens (including phenoxy) is 1. The highest BCUT2D eigenvalue weighted by Gasteiger charge is 2.25. The van der Waals surface area contributed by atoms with Crippen LogP contribution in [-0.4, -0.2) is 29.5 Å². The second-order valence-corrected chi connectivity index (χ2v) is 5.98. The van der Waals surface area contributed by atoms with Crippen molar-refractivity contribution in [2.45, 2.75) is 24.1 Å². The van der Waals surface area contributed by atoms with E-state index in [0.717, 1.165) is 12.8 Å². The number of carbonyl (C=O) groups excluding carboxylic acids is 1. The van der Waals surface area contributed by atoms with Gasteiger partial charge in [0.15, 0.2) is 0 Å². The largest absolute Gasteiger partial charge is 0.507 e. The van der Waals surface area contributed by atoms with Crippen LogP contribution in [0.2, 0.25) is 0 Å². The Morgan fingerprint density at radius 3 is 2.89 bits per heavy atom. The van der Waals surface area contributed by atoms with Crippen LogP contribution in [0.3, 0.4) is 0 Å². The molecule has 0 aliphatic heterocycles. The SMILES string of the molecule is COc1ccc(C(=O)NCC2CCCC2Br)c(O)c1. The first kappa shape index (κ1) is 14.2. The van der Waals surface area contributed by atoms with Crippen LogP contribution >= 0.6 is 15.9 Å². The lowest BCUT2D eigenvalue weighted by molar-refractivity contribution is 0.0945. The Morgan fingerprint density at radius 2 is 2.32 bits per heavy atom. The maximum Gasteiger partial charge on any atom is 0.255 e. The van der Waals surface area contributed by atoms with Crippen LogP contribution in [0.1, 0.15) is 29.6 Å². The molecule has 1 aromatic carbocycles. The van der Waals surface area contributed by atoms with Gasteiger partial charge in [0.25, 0.3) is 5.91 Å². The molecule has 5 heteroatoms. The normalized spacial score (nSPS) is 22.2. The van der Waals surface area contributed by atoms with Gasteiger partial charge in [-0.2, -0.15) is 0 Å². The minimum absolute atomic E-state index is 0.0568. The molecule has 0 spiro atoms. The van der Waals surface area contributed by atoms with Gasteiger partial charge in [0, 0.05) is 17.4 Å². The van der Waals surface area contributed by atoms with Gasteiger partial charge in [-0.3, -0.25) is 4.79 Å². The van der Waals surface area contributed by atoms with Gasteiger partial charge >= 0.3 is 0 Å². The number of nitrogens with one attached hydrogen (secondary N) is 1. The Morgan fingerprint density at radius 1 is 1.53 bits per heavy atom. The van der Waals surface area contributed by atoms with Crippen molar-refractivity contribution in [3.63, 3.8) is 0 Å². The van der Waals surface area contributed by atoms with Crippen molar-refractivity contribution in [3.8, 4) is 11.5 Å². The second-order valence-electron chi connectivity index (χ2n) is 4.80. The van der Waals surface area contributed by atoms with Crippen LogP contribution in [0.25, 0.3) is 0 Å². The third-order valence-corrected chi connectivity index (χ3v) is 4.75. The minimum Gasteiger partial charge on any atom is -0.507 e. The summed E-state index contributed by atoms with van der Waals surface area (Å²) in [6, 6.07) is 4.68. The van der Waals surface area contributed by atoms with Gasteiger partial charge in [-0.15, -0.1) is 0 Å². The molecule has 1 aromatic rings. The van der Waals surface area contributed by atoms with E-state index in [1.807, 2.05) is 0 Å². The molecule has 2 unspecified atom stereocenters. The van der Waals surface area contributed by atoms with E-state index < -0.39 is 0 Å². The fraction of sp³-hybridized carbons (Fsp3) is 0.500. The van der Waals surface area contributed by atoms with Crippen LogP contribution in [0, 0.1) is 5.92 Å². The smallest absolute Gasteiger partial charge is 0.255 e. The number of methoxy groups -OCH3 is 1. The summed E-state index contributed by atoms with van der Waals surface area (Å²) in [4.78, 5) is 12.5. The van der Waals surface area contributed by atoms with Gasteiger partial charge in [-0.25, -0.2) is 0 Å². The van der Waals surface area contributed by atoms with Crippen LogP contribution in [0.15, 0.2) is 18.2 Å². The Labute approximate surface area is 121 Å². The molecule has 0 saturated heterocycles. The standard InChI is InChI=1S/C14H18BrNO3/c1-19-10-5-6-11(13(17)7-10)14(18)16-8-9-3-2-4-12(9)15/h5-7,9,12,17H,2-4,8H2,1H3,(H,16,18). The number of rotatable bonds is 4. The molecular formula is C14H18BrNO3. The monoisotopic (exact) mass is 327 g/mol. The molecule has 0 radical (unpaired) electrons. The maximum atomic E-state index is 12.0. The molecule has 4 nitrogen and oxygen atoms in total. The molecule has 2 rings (SSSR count). The molecule has 19 heavy (non-hydrogen) atoms. The molecule has 2 atom stereocenters. The summed E-state index contributed by atoms with van der Waals surface area (Å²) in [6.45, 7) is 0.639. The number of carbonyl (C=O) groups is 1. The topological polar surface area (TPSA) is 58.6 Å². The van der Waals surface area contributed by atoms with Crippen LogP contribution in [0.5, 0.6) is 11.5 Å². The first-order chi connectivity index (χ1) is 9.11. The van der Waals surface area contributed by atoms with Crippen molar-refractivity contribution in [1.82, 2.24) is 5.32 Å². The highest BCUT2D eigenvalue weighted by Crippen LogP contribution is 2.31. The molecular weight excluding hydrogens is 310 g/mol. The van der Waals surface area contributed by atoms with Crippen LogP contribution in [-0.2, 0) is 0 Å². The van der Waals surface area contributed by atoms with Crippen molar-refractivity contribution in [2.75, 3.05) is 13.7 Å². The van der Waals surface area contributed by atoms with Crippen molar-refractivity contribution >= 4 is 21.8 Å². The molecule has 0 aromatic heterocycles. The molecule has 104 valence electrons. The summed E-state index contributed by atoms with van der Waals surface area (Å²) in [5.74, 6) is 0.708. The summed E-state index contributed by atoms with van der Waals surface area (Å²) in [5.41, 5.74) is 0.282. The van der Waals surface area contributed by atoms with Gasteiger partial charge in [0.2, 0.25) is 0 Å². The number of halogens is 1. The minimum atomic E-state index is -0.244. The van der Waals surface area contributed by atoms with Crippen LogP contribution in [0.4, 0.5) is 0 Å². The van der Waals surface area contributed by atoms with Crippen molar-refractivity contribution < 1.29 is 14.6 Å². The quantitative estimate of drug-likeness (QED) is 0.836. The van der Waals surface area contributed by atoms with Crippen molar-refractivity contribution in [3.05, 3.63) is 23.8 Å². The van der Waals surface area contributed by atoms with E-state index in [-0.39, 0.29) is 17.2 Å². The number of benzene rings is 1. The van der Waals surface area contributed by atoms with Gasteiger partial charge in [-0.05, 0) is 30.9 Å². The zero-order valence-electron chi connectivity index (χ0n) is 10.9. The van der Waals surface area contributed by atoms with E-state index in [0.29, 0.717) is 23.0 Å². The third-order valence-electron chi connectivity index (χ3n) is 3.54. The maximum absolute atomic E-state index is 12.0. The van der Waals surface area contributed by atoms with Gasteiger partial charge in [-0.1, -0.05) is 22.4 Å². The Balaban J connectivity index is 1.96. The lowest BCUT2D eigenvalue weighted by Gasteiger charge is -2.15. The molecule has 1 aliphatic rings. The summed E-state index contributed by atoms with van der Waals surface area (Å²) >= 11 is 3.63. The van der Waals surface area contributed by atoms with Gasteiger partial charge < -0.3 is 15.2 Å².